The van der Waals surface area contributed by atoms with Crippen molar-refractivity contribution in [1.82, 2.24) is 9.80 Å². The molecule has 0 aliphatic carbocycles. The minimum absolute atomic E-state index is 0.0663. The smallest absolute Gasteiger partial charge is 0.260 e. The van der Waals surface area contributed by atoms with E-state index in [0.717, 1.165) is 31.3 Å². The van der Waals surface area contributed by atoms with Crippen LogP contribution < -0.4 is 23.8 Å². The van der Waals surface area contributed by atoms with Gasteiger partial charge in [-0.3, -0.25) is 14.6 Å². The van der Waals surface area contributed by atoms with Crippen LogP contribution in [0.2, 0.25) is 0 Å². The number of aliphatic hydroxyl groups excluding tert-OH is 1. The predicted octanol–water partition coefficient (Wildman–Crippen LogP) is 4.66. The average molecular weight is 603 g/mol. The molecule has 2 aromatic rings. The molecule has 0 aromatic heterocycles. The normalized spacial score (nSPS) is 21.7. The van der Waals surface area contributed by atoms with Crippen molar-refractivity contribution in [1.29, 1.82) is 0 Å². The number of ether oxygens (including phenoxy) is 4. The van der Waals surface area contributed by atoms with Crippen molar-refractivity contribution in [3.63, 3.8) is 0 Å². The molecule has 3 atom stereocenters. The highest BCUT2D eigenvalue weighted by molar-refractivity contribution is 6.04. The molecule has 11 heteroatoms. The highest BCUT2D eigenvalue weighted by Gasteiger charge is 2.39. The second-order valence-corrected chi connectivity index (χ2v) is 11.5. The van der Waals surface area contributed by atoms with Crippen LogP contribution in [0.25, 0.3) is 0 Å². The van der Waals surface area contributed by atoms with E-state index in [4.69, 9.17) is 18.9 Å². The van der Waals surface area contributed by atoms with Gasteiger partial charge in [0.2, 0.25) is 0 Å². The van der Waals surface area contributed by atoms with E-state index in [0.29, 0.717) is 65.1 Å². The van der Waals surface area contributed by atoms with Crippen molar-refractivity contribution in [2.24, 2.45) is 4.99 Å². The van der Waals surface area contributed by atoms with Gasteiger partial charge in [-0.05, 0) is 51.2 Å². The number of hydrogen-bond acceptors (Lipinski definition) is 9. The summed E-state index contributed by atoms with van der Waals surface area (Å²) in [6.07, 6.45) is 10.3. The fraction of sp³-hybridized carbons (Fsp3) is 0.424. The van der Waals surface area contributed by atoms with Crippen molar-refractivity contribution in [2.45, 2.75) is 57.3 Å². The average Bonchev–Trinajstić information content (AvgIpc) is 3.64. The van der Waals surface area contributed by atoms with Crippen LogP contribution in [0.15, 0.2) is 53.3 Å². The van der Waals surface area contributed by atoms with Gasteiger partial charge in [0.25, 0.3) is 11.8 Å². The summed E-state index contributed by atoms with van der Waals surface area (Å²) in [5.74, 6) is 1.75. The molecule has 44 heavy (non-hydrogen) atoms. The summed E-state index contributed by atoms with van der Waals surface area (Å²) in [5, 5.41) is 10.9. The molecule has 1 N–H and O–H groups in total. The Bertz CT molecular complexity index is 1550. The van der Waals surface area contributed by atoms with E-state index in [1.54, 1.807) is 66.4 Å². The van der Waals surface area contributed by atoms with Gasteiger partial charge in [0.15, 0.2) is 23.0 Å². The number of anilines is 1. The summed E-state index contributed by atoms with van der Waals surface area (Å²) >= 11 is 0. The number of carbonyl (C=O) groups is 2. The lowest BCUT2D eigenvalue weighted by Crippen LogP contribution is -2.46. The van der Waals surface area contributed by atoms with Crippen molar-refractivity contribution in [2.75, 3.05) is 39.4 Å². The third kappa shape index (κ3) is 5.36. The summed E-state index contributed by atoms with van der Waals surface area (Å²) in [5.41, 5.74) is 3.27. The zero-order chi connectivity index (χ0) is 31.0. The summed E-state index contributed by atoms with van der Waals surface area (Å²) in [4.78, 5) is 36.0. The van der Waals surface area contributed by atoms with E-state index >= 15 is 0 Å². The molecule has 6 rings (SSSR count). The molecule has 232 valence electrons. The van der Waals surface area contributed by atoms with Crippen molar-refractivity contribution < 1.29 is 33.6 Å². The fourth-order valence-corrected chi connectivity index (χ4v) is 6.14. The van der Waals surface area contributed by atoms with Gasteiger partial charge in [-0.25, -0.2) is 0 Å². The number of aliphatic hydroxyl groups is 1. The molecule has 0 saturated heterocycles. The van der Waals surface area contributed by atoms with E-state index in [2.05, 4.69) is 4.99 Å². The van der Waals surface area contributed by atoms with Gasteiger partial charge in [-0.2, -0.15) is 0 Å². The maximum atomic E-state index is 13.2. The van der Waals surface area contributed by atoms with Crippen molar-refractivity contribution >= 4 is 29.4 Å². The van der Waals surface area contributed by atoms with Crippen molar-refractivity contribution in [3.8, 4) is 23.0 Å². The number of rotatable bonds is 10. The Morgan fingerprint density at radius 2 is 1.55 bits per heavy atom. The Morgan fingerprint density at radius 1 is 0.886 bits per heavy atom. The first kappa shape index (κ1) is 29.6. The molecule has 0 bridgehead atoms. The molecule has 0 spiro atoms. The van der Waals surface area contributed by atoms with Gasteiger partial charge < -0.3 is 38.8 Å². The first-order chi connectivity index (χ1) is 21.3. The number of methoxy groups -OCH3 is 2. The van der Waals surface area contributed by atoms with Crippen LogP contribution >= 0.6 is 0 Å². The maximum Gasteiger partial charge on any atom is 0.260 e. The van der Waals surface area contributed by atoms with Crippen LogP contribution in [0.5, 0.6) is 23.0 Å². The molecule has 4 aliphatic rings. The molecule has 2 aromatic carbocycles. The zero-order valence-corrected chi connectivity index (χ0v) is 25.5. The van der Waals surface area contributed by atoms with Gasteiger partial charge in [-0.15, -0.1) is 0 Å². The quantitative estimate of drug-likeness (QED) is 0.391. The number of unbranched alkanes of at least 4 members (excludes halogenated alkanes) is 2. The van der Waals surface area contributed by atoms with Gasteiger partial charge in [-0.1, -0.05) is 11.6 Å². The van der Waals surface area contributed by atoms with Crippen LogP contribution in [-0.2, 0) is 0 Å². The zero-order valence-electron chi connectivity index (χ0n) is 25.5. The molecule has 4 aliphatic heterocycles. The van der Waals surface area contributed by atoms with E-state index in [1.165, 1.54) is 0 Å². The van der Waals surface area contributed by atoms with Crippen LogP contribution in [0, 0.1) is 0 Å². The molecule has 0 radical (unpaired) electrons. The highest BCUT2D eigenvalue weighted by Crippen LogP contribution is 2.41. The standard InChI is InChI=1S/C33H38N4O7/c1-20-13-21-18-34-24-16-29(27(41-3)14-22(24)31(38)37(21)19-20)43-11-6-5-7-12-44-30-17-26-23(15-28(30)42-4)32(39)36-10-8-9-25(36)33(40)35(26)2/h8,10,14-19,21,25,33,40H,5-7,9,11-13H2,1-4H3. The van der Waals surface area contributed by atoms with Gasteiger partial charge in [0.05, 0.1) is 62.0 Å². The Kier molecular flexibility index (Phi) is 8.22. The largest absolute Gasteiger partial charge is 0.493 e. The third-order valence-electron chi connectivity index (χ3n) is 8.55. The van der Waals surface area contributed by atoms with E-state index in [9.17, 15) is 14.7 Å². The fourth-order valence-electron chi connectivity index (χ4n) is 6.14. The Morgan fingerprint density at radius 3 is 2.25 bits per heavy atom. The maximum absolute atomic E-state index is 13.2. The number of carbonyl (C=O) groups excluding carboxylic acids is 2. The number of aliphatic imine (C=N–C) groups is 1. The van der Waals surface area contributed by atoms with Gasteiger partial charge >= 0.3 is 0 Å². The minimum Gasteiger partial charge on any atom is -0.493 e. The summed E-state index contributed by atoms with van der Waals surface area (Å²) in [6.45, 7) is 2.92. The highest BCUT2D eigenvalue weighted by atomic mass is 16.5. The van der Waals surface area contributed by atoms with Crippen LogP contribution in [0.4, 0.5) is 11.4 Å². The summed E-state index contributed by atoms with van der Waals surface area (Å²) < 4.78 is 23.2. The first-order valence-electron chi connectivity index (χ1n) is 14.9. The second kappa shape index (κ2) is 12.2. The monoisotopic (exact) mass is 602 g/mol. The Labute approximate surface area is 256 Å². The van der Waals surface area contributed by atoms with Crippen LogP contribution in [-0.4, -0.2) is 85.7 Å². The second-order valence-electron chi connectivity index (χ2n) is 11.5. The molecular weight excluding hydrogens is 564 g/mol. The number of likely N-dealkylation sites (N-methyl/N-ethyl adjacent to an activating group) is 1. The molecule has 0 fully saturated rings. The molecule has 4 heterocycles. The third-order valence-corrected chi connectivity index (χ3v) is 8.55. The lowest BCUT2D eigenvalue weighted by molar-refractivity contribution is 0.0591. The van der Waals surface area contributed by atoms with Crippen molar-refractivity contribution in [3.05, 3.63) is 59.4 Å². The minimum atomic E-state index is -0.846. The topological polar surface area (TPSA) is 113 Å². The van der Waals surface area contributed by atoms with E-state index in [1.807, 2.05) is 25.4 Å². The van der Waals surface area contributed by atoms with Crippen LogP contribution in [0.1, 0.15) is 59.7 Å². The number of benzene rings is 2. The molecule has 0 saturated carbocycles. The SMILES string of the molecule is COc1cc2c(cc1OCCCCCOc1cc3c(cc1OC)C(=O)N1C=CCC1C(O)N3C)N=CC1CC(C)=CN1C2=O. The molecule has 11 nitrogen and oxygen atoms in total. The number of hydrogen-bond donors (Lipinski definition) is 1. The van der Waals surface area contributed by atoms with Gasteiger partial charge in [0, 0.05) is 37.8 Å². The summed E-state index contributed by atoms with van der Waals surface area (Å²) in [7, 11) is 4.88. The summed E-state index contributed by atoms with van der Waals surface area (Å²) in [6, 6.07) is 6.53. The van der Waals surface area contributed by atoms with E-state index < -0.39 is 6.23 Å². The predicted molar refractivity (Wildman–Crippen MR) is 165 cm³/mol. The number of nitrogens with zero attached hydrogens (tertiary/aromatic N) is 4. The first-order valence-corrected chi connectivity index (χ1v) is 14.9. The van der Waals surface area contributed by atoms with Crippen LogP contribution in [0.3, 0.4) is 0 Å². The lowest BCUT2D eigenvalue weighted by atomic mass is 10.1. The Hall–Kier alpha value is -4.51. The molecular formula is C33H38N4O7. The number of fused-ring (bicyclic) bond motifs is 4. The Balaban J connectivity index is 1.04. The molecule has 2 amide bonds. The number of amides is 2. The molecule has 3 unspecified atom stereocenters. The van der Waals surface area contributed by atoms with E-state index in [-0.39, 0.29) is 23.9 Å². The lowest BCUT2D eigenvalue weighted by Gasteiger charge is -2.30. The van der Waals surface area contributed by atoms with Gasteiger partial charge in [0.1, 0.15) is 6.23 Å².